The first kappa shape index (κ1) is 26.3. The second-order valence-electron chi connectivity index (χ2n) is 9.17. The Morgan fingerprint density at radius 3 is 2.30 bits per heavy atom. The van der Waals surface area contributed by atoms with E-state index in [1.54, 1.807) is 30.3 Å². The Morgan fingerprint density at radius 1 is 1.03 bits per heavy atom. The number of amides is 2. The van der Waals surface area contributed by atoms with Gasteiger partial charge in [-0.3, -0.25) is 9.59 Å². The van der Waals surface area contributed by atoms with E-state index in [0.29, 0.717) is 41.8 Å². The van der Waals surface area contributed by atoms with Crippen LogP contribution in [0.25, 0.3) is 0 Å². The van der Waals surface area contributed by atoms with Crippen molar-refractivity contribution in [3.05, 3.63) is 83.3 Å². The van der Waals surface area contributed by atoms with Crippen molar-refractivity contribution in [2.75, 3.05) is 25.0 Å². The van der Waals surface area contributed by atoms with Gasteiger partial charge < -0.3 is 19.4 Å². The Labute approximate surface area is 213 Å². The van der Waals surface area contributed by atoms with Gasteiger partial charge in [0.25, 0.3) is 11.8 Å². The van der Waals surface area contributed by atoms with Gasteiger partial charge in [0.05, 0.1) is 12.9 Å². The number of carbonyl (C=O) groups excluding carboxylic acids is 2. The van der Waals surface area contributed by atoms with Crippen LogP contribution in [-0.4, -0.2) is 42.6 Å². The molecule has 1 saturated heterocycles. The fourth-order valence-electron chi connectivity index (χ4n) is 4.39. The molecule has 0 aliphatic carbocycles. The summed E-state index contributed by atoms with van der Waals surface area (Å²) < 4.78 is 47.2. The number of halogens is 3. The highest BCUT2D eigenvalue weighted by Crippen LogP contribution is 2.30. The molecule has 0 radical (unpaired) electrons. The van der Waals surface area contributed by atoms with Gasteiger partial charge in [-0.25, -0.2) is 0 Å². The number of furan rings is 1. The van der Waals surface area contributed by atoms with Gasteiger partial charge in [0, 0.05) is 36.3 Å². The van der Waals surface area contributed by atoms with Gasteiger partial charge in [-0.2, -0.15) is 13.2 Å². The number of nitrogens with zero attached hydrogens (tertiary/aromatic N) is 1. The molecule has 3 aromatic rings. The minimum Gasteiger partial charge on any atom is -0.494 e. The molecular formula is C28H29F3N2O4. The van der Waals surface area contributed by atoms with Crippen LogP contribution < -0.4 is 10.1 Å². The topological polar surface area (TPSA) is 71.8 Å². The lowest BCUT2D eigenvalue weighted by atomic mass is 9.89. The van der Waals surface area contributed by atoms with E-state index in [4.69, 9.17) is 9.15 Å². The summed E-state index contributed by atoms with van der Waals surface area (Å²) in [7, 11) is 0. The standard InChI is InChI=1S/C28H29F3N2O4/c1-19-13-18-37-25(19)26(34)32-23-7-3-20(4-8-23)21-11-15-33(16-12-21)27(35)22-5-9-24(10-6-22)36-17-2-14-28(29,30)31/h3-10,13,18,21H,2,11-12,14-17H2,1H3,(H,32,34). The maximum Gasteiger partial charge on any atom is 0.389 e. The van der Waals surface area contributed by atoms with E-state index in [-0.39, 0.29) is 24.8 Å². The lowest BCUT2D eigenvalue weighted by Crippen LogP contribution is -2.37. The molecule has 37 heavy (non-hydrogen) atoms. The Bertz CT molecular complexity index is 1200. The van der Waals surface area contributed by atoms with Crippen LogP contribution in [0.15, 0.2) is 65.3 Å². The normalized spacial score (nSPS) is 14.4. The molecule has 1 aliphatic rings. The molecule has 1 aromatic heterocycles. The third-order valence-corrected chi connectivity index (χ3v) is 6.47. The molecule has 1 aliphatic heterocycles. The fraction of sp³-hybridized carbons (Fsp3) is 0.357. The van der Waals surface area contributed by atoms with Crippen LogP contribution in [0.5, 0.6) is 5.75 Å². The number of rotatable bonds is 8. The van der Waals surface area contributed by atoms with Gasteiger partial charge in [0.1, 0.15) is 5.75 Å². The highest BCUT2D eigenvalue weighted by Gasteiger charge is 2.26. The highest BCUT2D eigenvalue weighted by atomic mass is 19.4. The first-order chi connectivity index (χ1) is 17.7. The summed E-state index contributed by atoms with van der Waals surface area (Å²) in [5, 5.41) is 2.84. The number of alkyl halides is 3. The lowest BCUT2D eigenvalue weighted by molar-refractivity contribution is -0.136. The summed E-state index contributed by atoms with van der Waals surface area (Å²) >= 11 is 0. The van der Waals surface area contributed by atoms with Crippen LogP contribution in [-0.2, 0) is 0 Å². The molecule has 9 heteroatoms. The summed E-state index contributed by atoms with van der Waals surface area (Å²) in [6.45, 7) is 3.02. The van der Waals surface area contributed by atoms with Crippen LogP contribution in [0, 0.1) is 6.92 Å². The van der Waals surface area contributed by atoms with E-state index >= 15 is 0 Å². The predicted molar refractivity (Wildman–Crippen MR) is 133 cm³/mol. The number of piperidine rings is 1. The number of carbonyl (C=O) groups is 2. The van der Waals surface area contributed by atoms with E-state index in [0.717, 1.165) is 24.0 Å². The molecule has 6 nitrogen and oxygen atoms in total. The number of nitrogens with one attached hydrogen (secondary N) is 1. The molecule has 0 bridgehead atoms. The van der Waals surface area contributed by atoms with Crippen molar-refractivity contribution >= 4 is 17.5 Å². The maximum atomic E-state index is 12.9. The van der Waals surface area contributed by atoms with Crippen LogP contribution in [0.4, 0.5) is 18.9 Å². The molecule has 196 valence electrons. The lowest BCUT2D eigenvalue weighted by Gasteiger charge is -2.32. The molecule has 1 fully saturated rings. The number of aryl methyl sites for hydroxylation is 1. The van der Waals surface area contributed by atoms with Crippen molar-refractivity contribution < 1.29 is 31.9 Å². The number of ether oxygens (including phenoxy) is 1. The van der Waals surface area contributed by atoms with Crippen LogP contribution >= 0.6 is 0 Å². The predicted octanol–water partition coefficient (Wildman–Crippen LogP) is 6.58. The van der Waals surface area contributed by atoms with E-state index < -0.39 is 12.6 Å². The molecule has 1 N–H and O–H groups in total. The SMILES string of the molecule is Cc1ccoc1C(=O)Nc1ccc(C2CCN(C(=O)c3ccc(OCCCC(F)(F)F)cc3)CC2)cc1. The van der Waals surface area contributed by atoms with Crippen LogP contribution in [0.2, 0.25) is 0 Å². The summed E-state index contributed by atoms with van der Waals surface area (Å²) in [6, 6.07) is 16.0. The highest BCUT2D eigenvalue weighted by molar-refractivity contribution is 6.03. The third kappa shape index (κ3) is 7.15. The first-order valence-corrected chi connectivity index (χ1v) is 12.2. The number of anilines is 1. The fourth-order valence-corrected chi connectivity index (χ4v) is 4.39. The monoisotopic (exact) mass is 514 g/mol. The summed E-state index contributed by atoms with van der Waals surface area (Å²) in [5.74, 6) is 0.686. The Morgan fingerprint density at radius 2 is 1.70 bits per heavy atom. The minimum atomic E-state index is -4.19. The number of benzene rings is 2. The second kappa shape index (κ2) is 11.5. The Balaban J connectivity index is 1.24. The largest absolute Gasteiger partial charge is 0.494 e. The number of hydrogen-bond donors (Lipinski definition) is 1. The molecule has 0 unspecified atom stereocenters. The van der Waals surface area contributed by atoms with Crippen molar-refractivity contribution in [3.8, 4) is 5.75 Å². The summed E-state index contributed by atoms with van der Waals surface area (Å²) in [6.07, 6.45) is -2.05. The smallest absolute Gasteiger partial charge is 0.389 e. The molecule has 4 rings (SSSR count). The number of likely N-dealkylation sites (tertiary alicyclic amines) is 1. The van der Waals surface area contributed by atoms with E-state index in [1.807, 2.05) is 36.1 Å². The zero-order valence-electron chi connectivity index (χ0n) is 20.5. The molecule has 2 aromatic carbocycles. The summed E-state index contributed by atoms with van der Waals surface area (Å²) in [4.78, 5) is 27.0. The van der Waals surface area contributed by atoms with Gasteiger partial charge in [-0.1, -0.05) is 12.1 Å². The molecular weight excluding hydrogens is 485 g/mol. The Hall–Kier alpha value is -3.75. The number of hydrogen-bond acceptors (Lipinski definition) is 4. The third-order valence-electron chi connectivity index (χ3n) is 6.47. The van der Waals surface area contributed by atoms with Gasteiger partial charge in [0.15, 0.2) is 5.76 Å². The first-order valence-electron chi connectivity index (χ1n) is 12.2. The molecule has 2 amide bonds. The van der Waals surface area contributed by atoms with Crippen molar-refractivity contribution in [3.63, 3.8) is 0 Å². The van der Waals surface area contributed by atoms with E-state index in [1.165, 1.54) is 6.26 Å². The van der Waals surface area contributed by atoms with Crippen molar-refractivity contribution in [1.82, 2.24) is 4.90 Å². The van der Waals surface area contributed by atoms with Crippen molar-refractivity contribution in [2.45, 2.75) is 44.7 Å². The van der Waals surface area contributed by atoms with Gasteiger partial charge >= 0.3 is 6.18 Å². The van der Waals surface area contributed by atoms with Gasteiger partial charge in [-0.05, 0) is 80.1 Å². The summed E-state index contributed by atoms with van der Waals surface area (Å²) in [5.41, 5.74) is 3.14. The van der Waals surface area contributed by atoms with E-state index in [9.17, 15) is 22.8 Å². The second-order valence-corrected chi connectivity index (χ2v) is 9.17. The molecule has 0 saturated carbocycles. The molecule has 0 spiro atoms. The van der Waals surface area contributed by atoms with Gasteiger partial charge in [0.2, 0.25) is 0 Å². The van der Waals surface area contributed by atoms with Crippen LogP contribution in [0.3, 0.4) is 0 Å². The quantitative estimate of drug-likeness (QED) is 0.345. The average Bonchev–Trinajstić information content (AvgIpc) is 3.32. The average molecular weight is 515 g/mol. The zero-order valence-corrected chi connectivity index (χ0v) is 20.5. The van der Waals surface area contributed by atoms with Crippen LogP contribution in [0.1, 0.15) is 63.6 Å². The zero-order chi connectivity index (χ0) is 26.4. The van der Waals surface area contributed by atoms with Crippen molar-refractivity contribution in [2.24, 2.45) is 0 Å². The molecule has 0 atom stereocenters. The molecule has 2 heterocycles. The Kier molecular flexibility index (Phi) is 8.21. The maximum absolute atomic E-state index is 12.9. The van der Waals surface area contributed by atoms with Gasteiger partial charge in [-0.15, -0.1) is 0 Å². The van der Waals surface area contributed by atoms with E-state index in [2.05, 4.69) is 5.32 Å². The van der Waals surface area contributed by atoms with Crippen molar-refractivity contribution in [1.29, 1.82) is 0 Å². The minimum absolute atomic E-state index is 0.0304.